The van der Waals surface area contributed by atoms with Gasteiger partial charge in [0.15, 0.2) is 0 Å². The minimum Gasteiger partial charge on any atom is -0.345 e. The number of aryl methyl sites for hydroxylation is 3. The van der Waals surface area contributed by atoms with Crippen molar-refractivity contribution in [1.82, 2.24) is 20.3 Å². The molecule has 126 valence electrons. The van der Waals surface area contributed by atoms with Gasteiger partial charge in [0, 0.05) is 22.8 Å². The molecule has 1 amide bonds. The predicted octanol–water partition coefficient (Wildman–Crippen LogP) is 3.45. The van der Waals surface area contributed by atoms with Crippen LogP contribution in [0.3, 0.4) is 0 Å². The number of amides is 1. The van der Waals surface area contributed by atoms with Crippen LogP contribution >= 0.6 is 0 Å². The third-order valence-electron chi connectivity index (χ3n) is 4.77. The van der Waals surface area contributed by atoms with Gasteiger partial charge in [-0.15, -0.1) is 0 Å². The SMILES string of the molecule is Cc1ncc2c(n1)CCCC2NC(=O)c1cc2ccccc2nc1C. The van der Waals surface area contributed by atoms with Gasteiger partial charge in [-0.05, 0) is 45.2 Å². The maximum Gasteiger partial charge on any atom is 0.253 e. The fourth-order valence-electron chi connectivity index (χ4n) is 3.47. The summed E-state index contributed by atoms with van der Waals surface area (Å²) in [6.07, 6.45) is 4.73. The minimum absolute atomic E-state index is 0.0391. The molecule has 1 aliphatic carbocycles. The lowest BCUT2D eigenvalue weighted by Gasteiger charge is -2.25. The Morgan fingerprint density at radius 3 is 2.92 bits per heavy atom. The van der Waals surface area contributed by atoms with Gasteiger partial charge in [0.05, 0.1) is 22.8 Å². The number of rotatable bonds is 2. The van der Waals surface area contributed by atoms with Crippen molar-refractivity contribution >= 4 is 16.8 Å². The van der Waals surface area contributed by atoms with Crippen molar-refractivity contribution in [1.29, 1.82) is 0 Å². The standard InChI is InChI=1S/C20H20N4O/c1-12-15(10-14-6-3-4-7-17(14)22-12)20(25)24-19-9-5-8-18-16(19)11-21-13(2)23-18/h3-4,6-7,10-11,19H,5,8-9H2,1-2H3,(H,24,25). The fourth-order valence-corrected chi connectivity index (χ4v) is 3.47. The van der Waals surface area contributed by atoms with Crippen LogP contribution in [0.5, 0.6) is 0 Å². The number of nitrogens with zero attached hydrogens (tertiary/aromatic N) is 3. The van der Waals surface area contributed by atoms with Crippen LogP contribution in [-0.4, -0.2) is 20.9 Å². The van der Waals surface area contributed by atoms with Gasteiger partial charge in [0.25, 0.3) is 5.91 Å². The second-order valence-corrected chi connectivity index (χ2v) is 6.55. The van der Waals surface area contributed by atoms with E-state index in [0.29, 0.717) is 5.56 Å². The molecule has 1 atom stereocenters. The smallest absolute Gasteiger partial charge is 0.253 e. The number of para-hydroxylation sites is 1. The summed E-state index contributed by atoms with van der Waals surface area (Å²) in [4.78, 5) is 26.3. The predicted molar refractivity (Wildman–Crippen MR) is 96.4 cm³/mol. The lowest BCUT2D eigenvalue weighted by atomic mass is 9.92. The number of aromatic nitrogens is 3. The average molecular weight is 332 g/mol. The molecule has 1 unspecified atom stereocenters. The zero-order valence-corrected chi connectivity index (χ0v) is 14.4. The molecule has 1 aromatic carbocycles. The van der Waals surface area contributed by atoms with Crippen LogP contribution < -0.4 is 5.32 Å². The number of nitrogens with one attached hydrogen (secondary N) is 1. The lowest BCUT2D eigenvalue weighted by molar-refractivity contribution is 0.0931. The molecular formula is C20H20N4O. The molecule has 0 fully saturated rings. The second kappa shape index (κ2) is 6.24. The van der Waals surface area contributed by atoms with Crippen molar-refractivity contribution in [2.75, 3.05) is 0 Å². The summed E-state index contributed by atoms with van der Waals surface area (Å²) in [5.41, 5.74) is 4.36. The van der Waals surface area contributed by atoms with E-state index in [0.717, 1.165) is 52.9 Å². The molecular weight excluding hydrogens is 312 g/mol. The van der Waals surface area contributed by atoms with Crippen LogP contribution in [0.1, 0.15) is 52.0 Å². The summed E-state index contributed by atoms with van der Waals surface area (Å²) in [5, 5.41) is 4.13. The molecule has 5 nitrogen and oxygen atoms in total. The van der Waals surface area contributed by atoms with E-state index >= 15 is 0 Å². The highest BCUT2D eigenvalue weighted by atomic mass is 16.1. The minimum atomic E-state index is -0.0887. The van der Waals surface area contributed by atoms with Crippen molar-refractivity contribution in [2.45, 2.75) is 39.2 Å². The van der Waals surface area contributed by atoms with Crippen LogP contribution in [0.15, 0.2) is 36.5 Å². The van der Waals surface area contributed by atoms with Crippen LogP contribution in [-0.2, 0) is 6.42 Å². The summed E-state index contributed by atoms with van der Waals surface area (Å²) in [6, 6.07) is 9.73. The summed E-state index contributed by atoms with van der Waals surface area (Å²) < 4.78 is 0. The van der Waals surface area contributed by atoms with Crippen molar-refractivity contribution in [3.05, 3.63) is 64.9 Å². The number of hydrogen-bond donors (Lipinski definition) is 1. The van der Waals surface area contributed by atoms with Gasteiger partial charge < -0.3 is 5.32 Å². The molecule has 0 radical (unpaired) electrons. The lowest BCUT2D eigenvalue weighted by Crippen LogP contribution is -2.32. The van der Waals surface area contributed by atoms with Gasteiger partial charge in [-0.1, -0.05) is 18.2 Å². The molecule has 1 aliphatic rings. The number of carbonyl (C=O) groups is 1. The maximum absolute atomic E-state index is 12.9. The molecule has 0 saturated heterocycles. The molecule has 2 aromatic heterocycles. The zero-order valence-electron chi connectivity index (χ0n) is 14.4. The molecule has 2 heterocycles. The monoisotopic (exact) mass is 332 g/mol. The van der Waals surface area contributed by atoms with Gasteiger partial charge in [-0.3, -0.25) is 9.78 Å². The average Bonchev–Trinajstić information content (AvgIpc) is 2.61. The molecule has 0 aliphatic heterocycles. The van der Waals surface area contributed by atoms with Gasteiger partial charge in [0.1, 0.15) is 5.82 Å². The number of benzene rings is 1. The van der Waals surface area contributed by atoms with E-state index in [-0.39, 0.29) is 11.9 Å². The van der Waals surface area contributed by atoms with Gasteiger partial charge in [-0.2, -0.15) is 0 Å². The zero-order chi connectivity index (χ0) is 17.4. The molecule has 0 bridgehead atoms. The molecule has 0 spiro atoms. The molecule has 5 heteroatoms. The molecule has 0 saturated carbocycles. The van der Waals surface area contributed by atoms with E-state index in [4.69, 9.17) is 0 Å². The second-order valence-electron chi connectivity index (χ2n) is 6.55. The van der Waals surface area contributed by atoms with Crippen LogP contribution in [0.4, 0.5) is 0 Å². The summed E-state index contributed by atoms with van der Waals surface area (Å²) in [5.74, 6) is 0.689. The Hall–Kier alpha value is -2.82. The summed E-state index contributed by atoms with van der Waals surface area (Å²) in [6.45, 7) is 3.77. The topological polar surface area (TPSA) is 67.8 Å². The molecule has 1 N–H and O–H groups in total. The maximum atomic E-state index is 12.9. The van der Waals surface area contributed by atoms with Gasteiger partial charge in [0.2, 0.25) is 0 Å². The van der Waals surface area contributed by atoms with E-state index in [1.165, 1.54) is 0 Å². The highest BCUT2D eigenvalue weighted by Gasteiger charge is 2.24. The first kappa shape index (κ1) is 15.7. The quantitative estimate of drug-likeness (QED) is 0.780. The molecule has 4 rings (SSSR count). The highest BCUT2D eigenvalue weighted by Crippen LogP contribution is 2.28. The van der Waals surface area contributed by atoms with E-state index < -0.39 is 0 Å². The fraction of sp³-hybridized carbons (Fsp3) is 0.300. The first-order valence-corrected chi connectivity index (χ1v) is 8.61. The van der Waals surface area contributed by atoms with Gasteiger partial charge >= 0.3 is 0 Å². The van der Waals surface area contributed by atoms with E-state index in [1.807, 2.05) is 50.4 Å². The highest BCUT2D eigenvalue weighted by molar-refractivity contribution is 5.98. The normalized spacial score (nSPS) is 16.5. The largest absolute Gasteiger partial charge is 0.345 e. The Morgan fingerprint density at radius 1 is 1.20 bits per heavy atom. The van der Waals surface area contributed by atoms with Crippen LogP contribution in [0.2, 0.25) is 0 Å². The van der Waals surface area contributed by atoms with Crippen molar-refractivity contribution < 1.29 is 4.79 Å². The van der Waals surface area contributed by atoms with Gasteiger partial charge in [-0.25, -0.2) is 9.97 Å². The first-order chi connectivity index (χ1) is 12.1. The summed E-state index contributed by atoms with van der Waals surface area (Å²) in [7, 11) is 0. The number of carbonyl (C=O) groups excluding carboxylic acids is 1. The van der Waals surface area contributed by atoms with Crippen LogP contribution in [0.25, 0.3) is 10.9 Å². The Labute approximate surface area is 146 Å². The van der Waals surface area contributed by atoms with E-state index in [9.17, 15) is 4.79 Å². The molecule has 3 aromatic rings. The third kappa shape index (κ3) is 2.97. The van der Waals surface area contributed by atoms with Crippen LogP contribution in [0, 0.1) is 13.8 Å². The molecule has 25 heavy (non-hydrogen) atoms. The summed E-state index contributed by atoms with van der Waals surface area (Å²) >= 11 is 0. The van der Waals surface area contributed by atoms with Crippen molar-refractivity contribution in [3.63, 3.8) is 0 Å². The number of hydrogen-bond acceptors (Lipinski definition) is 4. The van der Waals surface area contributed by atoms with E-state index in [2.05, 4.69) is 20.3 Å². The Morgan fingerprint density at radius 2 is 2.04 bits per heavy atom. The van der Waals surface area contributed by atoms with E-state index in [1.54, 1.807) is 0 Å². The Bertz CT molecular complexity index is 967. The van der Waals surface area contributed by atoms with Crippen molar-refractivity contribution in [3.8, 4) is 0 Å². The Kier molecular flexibility index (Phi) is 3.92. The first-order valence-electron chi connectivity index (χ1n) is 8.61. The Balaban J connectivity index is 1.64. The third-order valence-corrected chi connectivity index (χ3v) is 4.77. The van der Waals surface area contributed by atoms with Crippen molar-refractivity contribution in [2.24, 2.45) is 0 Å². The number of fused-ring (bicyclic) bond motifs is 2. The number of pyridine rings is 1.